The van der Waals surface area contributed by atoms with Crippen LogP contribution in [0.4, 0.5) is 0 Å². The number of para-hydroxylation sites is 2. The molecule has 9 aromatic carbocycles. The molecule has 0 atom stereocenters. The average Bonchev–Trinajstić information content (AvgIpc) is 3.84. The first-order valence-corrected chi connectivity index (χ1v) is 20.3. The highest BCUT2D eigenvalue weighted by Crippen LogP contribution is 2.39. The zero-order chi connectivity index (χ0) is 39.6. The molecule has 0 saturated carbocycles. The van der Waals surface area contributed by atoms with Crippen molar-refractivity contribution in [1.82, 2.24) is 24.1 Å². The smallest absolute Gasteiger partial charge is 0.164 e. The first kappa shape index (κ1) is 33.9. The van der Waals surface area contributed by atoms with Crippen molar-refractivity contribution < 1.29 is 0 Å². The van der Waals surface area contributed by atoms with Crippen LogP contribution in [-0.2, 0) is 0 Å². The second-order valence-electron chi connectivity index (χ2n) is 15.3. The van der Waals surface area contributed by atoms with Gasteiger partial charge in [0.25, 0.3) is 0 Å². The molecule has 0 spiro atoms. The lowest BCUT2D eigenvalue weighted by Crippen LogP contribution is -2.01. The average molecular weight is 766 g/mol. The van der Waals surface area contributed by atoms with Crippen molar-refractivity contribution in [1.29, 1.82) is 0 Å². The van der Waals surface area contributed by atoms with Gasteiger partial charge in [0.05, 0.1) is 27.8 Å². The van der Waals surface area contributed by atoms with E-state index in [-0.39, 0.29) is 0 Å². The minimum Gasteiger partial charge on any atom is -0.309 e. The van der Waals surface area contributed by atoms with Gasteiger partial charge >= 0.3 is 0 Å². The van der Waals surface area contributed by atoms with E-state index in [1.54, 1.807) is 0 Å². The highest BCUT2D eigenvalue weighted by molar-refractivity contribution is 6.13. The van der Waals surface area contributed by atoms with Crippen LogP contribution in [0, 0.1) is 0 Å². The predicted octanol–water partition coefficient (Wildman–Crippen LogP) is 13.9. The summed E-state index contributed by atoms with van der Waals surface area (Å²) in [6, 6.07) is 75.3. The lowest BCUT2D eigenvalue weighted by atomic mass is 10.0. The number of hydrogen-bond donors (Lipinski definition) is 0. The third-order valence-corrected chi connectivity index (χ3v) is 11.7. The van der Waals surface area contributed by atoms with Gasteiger partial charge in [0.15, 0.2) is 17.5 Å². The number of rotatable bonds is 6. The van der Waals surface area contributed by atoms with E-state index in [1.807, 2.05) is 60.7 Å². The maximum absolute atomic E-state index is 5.03. The molecule has 3 aromatic heterocycles. The monoisotopic (exact) mass is 765 g/mol. The van der Waals surface area contributed by atoms with Gasteiger partial charge in [-0.05, 0) is 65.0 Å². The Hall–Kier alpha value is -8.15. The lowest BCUT2D eigenvalue weighted by Gasteiger charge is -2.13. The van der Waals surface area contributed by atoms with Crippen LogP contribution < -0.4 is 0 Å². The van der Waals surface area contributed by atoms with Crippen molar-refractivity contribution in [2.45, 2.75) is 0 Å². The highest BCUT2D eigenvalue weighted by Gasteiger charge is 2.18. The fourth-order valence-corrected chi connectivity index (χ4v) is 8.97. The molecule has 0 saturated heterocycles. The molecule has 12 aromatic rings. The van der Waals surface area contributed by atoms with Crippen LogP contribution in [0.2, 0.25) is 0 Å². The zero-order valence-electron chi connectivity index (χ0n) is 32.4. The van der Waals surface area contributed by atoms with Crippen LogP contribution in [-0.4, -0.2) is 24.1 Å². The first-order valence-electron chi connectivity index (χ1n) is 20.3. The minimum absolute atomic E-state index is 0.629. The summed E-state index contributed by atoms with van der Waals surface area (Å²) in [5.41, 5.74) is 12.0. The van der Waals surface area contributed by atoms with Crippen molar-refractivity contribution in [2.75, 3.05) is 0 Å². The summed E-state index contributed by atoms with van der Waals surface area (Å²) in [6.45, 7) is 0. The molecule has 0 aliphatic carbocycles. The van der Waals surface area contributed by atoms with Crippen molar-refractivity contribution in [3.8, 4) is 56.7 Å². The molecule has 0 aliphatic heterocycles. The summed E-state index contributed by atoms with van der Waals surface area (Å²) >= 11 is 0. The normalized spacial score (nSPS) is 11.7. The molecule has 60 heavy (non-hydrogen) atoms. The Labute approximate surface area is 346 Å². The SMILES string of the molecule is c1ccc(-c2nc(-c3ccccc3)nc(-c3cccc(-n4c5ccccc5c5cc(-c6ccc7c8ccccc8n(-c8cccc9ccccc89)c7c6)ccc54)c3)n2)cc1. The molecule has 12 rings (SSSR count). The molecule has 0 N–H and O–H groups in total. The Balaban J connectivity index is 1.01. The van der Waals surface area contributed by atoms with E-state index in [1.165, 1.54) is 60.2 Å². The van der Waals surface area contributed by atoms with Crippen molar-refractivity contribution in [3.05, 3.63) is 212 Å². The Morgan fingerprint density at radius 1 is 0.267 bits per heavy atom. The van der Waals surface area contributed by atoms with Crippen LogP contribution in [0.25, 0.3) is 111 Å². The third-order valence-electron chi connectivity index (χ3n) is 11.7. The van der Waals surface area contributed by atoms with Crippen LogP contribution >= 0.6 is 0 Å². The number of aromatic nitrogens is 5. The van der Waals surface area contributed by atoms with E-state index < -0.39 is 0 Å². The second kappa shape index (κ2) is 13.8. The molecule has 280 valence electrons. The van der Waals surface area contributed by atoms with Gasteiger partial charge in [0.1, 0.15) is 0 Å². The minimum atomic E-state index is 0.629. The number of fused-ring (bicyclic) bond motifs is 7. The maximum Gasteiger partial charge on any atom is 0.164 e. The van der Waals surface area contributed by atoms with E-state index in [4.69, 9.17) is 15.0 Å². The van der Waals surface area contributed by atoms with Gasteiger partial charge in [-0.25, -0.2) is 15.0 Å². The van der Waals surface area contributed by atoms with E-state index >= 15 is 0 Å². The third kappa shape index (κ3) is 5.52. The fourth-order valence-electron chi connectivity index (χ4n) is 8.97. The van der Waals surface area contributed by atoms with Crippen molar-refractivity contribution in [2.24, 2.45) is 0 Å². The summed E-state index contributed by atoms with van der Waals surface area (Å²) in [4.78, 5) is 15.0. The first-order chi connectivity index (χ1) is 29.7. The molecular weight excluding hydrogens is 731 g/mol. The highest BCUT2D eigenvalue weighted by atomic mass is 15.0. The van der Waals surface area contributed by atoms with Crippen LogP contribution in [0.3, 0.4) is 0 Å². The summed E-state index contributed by atoms with van der Waals surface area (Å²) < 4.78 is 4.79. The van der Waals surface area contributed by atoms with Crippen LogP contribution in [0.15, 0.2) is 212 Å². The Morgan fingerprint density at radius 3 is 1.50 bits per heavy atom. The predicted molar refractivity (Wildman–Crippen MR) is 248 cm³/mol. The molecule has 0 fully saturated rings. The quantitative estimate of drug-likeness (QED) is 0.169. The number of benzene rings is 9. The van der Waals surface area contributed by atoms with Crippen molar-refractivity contribution >= 4 is 54.4 Å². The van der Waals surface area contributed by atoms with E-state index in [0.717, 1.165) is 33.4 Å². The Bertz CT molecular complexity index is 3540. The Morgan fingerprint density at radius 2 is 0.767 bits per heavy atom. The summed E-state index contributed by atoms with van der Waals surface area (Å²) in [6.07, 6.45) is 0. The maximum atomic E-state index is 5.03. The van der Waals surface area contributed by atoms with Crippen LogP contribution in [0.1, 0.15) is 0 Å². The largest absolute Gasteiger partial charge is 0.309 e. The summed E-state index contributed by atoms with van der Waals surface area (Å²) in [7, 11) is 0. The van der Waals surface area contributed by atoms with Gasteiger partial charge in [0.2, 0.25) is 0 Å². The van der Waals surface area contributed by atoms with Gasteiger partial charge in [-0.3, -0.25) is 0 Å². The molecule has 0 bridgehead atoms. The summed E-state index contributed by atoms with van der Waals surface area (Å²) in [5.74, 6) is 1.92. The van der Waals surface area contributed by atoms with Gasteiger partial charge in [-0.1, -0.05) is 164 Å². The zero-order valence-corrected chi connectivity index (χ0v) is 32.4. The second-order valence-corrected chi connectivity index (χ2v) is 15.3. The standard InChI is InChI=1S/C55H35N5/c1-3-16-37(17-4-1)53-56-54(38-18-5-2-6-19-38)58-55(57-53)41-21-13-22-42(33-41)59-49-26-11-10-25-45(49)47-34-39(30-32-51(47)59)40-29-31-46-44-24-9-12-27-50(44)60(52(46)35-40)48-28-14-20-36-15-7-8-23-43(36)48/h1-35H. The molecule has 5 heteroatoms. The molecule has 5 nitrogen and oxygen atoms in total. The summed E-state index contributed by atoms with van der Waals surface area (Å²) in [5, 5.41) is 7.34. The molecule has 3 heterocycles. The van der Waals surface area contributed by atoms with Gasteiger partial charge in [-0.2, -0.15) is 0 Å². The van der Waals surface area contributed by atoms with E-state index in [9.17, 15) is 0 Å². The number of nitrogens with zero attached hydrogens (tertiary/aromatic N) is 5. The topological polar surface area (TPSA) is 48.5 Å². The fraction of sp³-hybridized carbons (Fsp3) is 0. The van der Waals surface area contributed by atoms with Gasteiger partial charge < -0.3 is 9.13 Å². The van der Waals surface area contributed by atoms with E-state index in [0.29, 0.717) is 17.5 Å². The van der Waals surface area contributed by atoms with E-state index in [2.05, 4.69) is 161 Å². The molecule has 0 amide bonds. The molecule has 0 aliphatic rings. The Kier molecular flexibility index (Phi) is 7.78. The molecular formula is C55H35N5. The van der Waals surface area contributed by atoms with Gasteiger partial charge in [0, 0.05) is 49.3 Å². The lowest BCUT2D eigenvalue weighted by molar-refractivity contribution is 1.07. The molecule has 0 radical (unpaired) electrons. The van der Waals surface area contributed by atoms with Crippen molar-refractivity contribution in [3.63, 3.8) is 0 Å². The van der Waals surface area contributed by atoms with Gasteiger partial charge in [-0.15, -0.1) is 0 Å². The molecule has 0 unspecified atom stereocenters. The van der Waals surface area contributed by atoms with Crippen LogP contribution in [0.5, 0.6) is 0 Å². The number of hydrogen-bond acceptors (Lipinski definition) is 3.